The van der Waals surface area contributed by atoms with Gasteiger partial charge in [0.25, 0.3) is 0 Å². The number of aliphatic hydroxyl groups is 1. The van der Waals surface area contributed by atoms with Crippen LogP contribution in [0.5, 0.6) is 0 Å². The molecule has 0 bridgehead atoms. The van der Waals surface area contributed by atoms with Crippen molar-refractivity contribution in [3.05, 3.63) is 10.2 Å². The summed E-state index contributed by atoms with van der Waals surface area (Å²) in [6, 6.07) is 0. The molecule has 0 saturated carbocycles. The van der Waals surface area contributed by atoms with Gasteiger partial charge in [-0.1, -0.05) is 48.4 Å². The molecular weight excluding hydrogens is 275 g/mol. The van der Waals surface area contributed by atoms with Gasteiger partial charge >= 0.3 is 0 Å². The van der Waals surface area contributed by atoms with Crippen molar-refractivity contribution in [2.24, 2.45) is 0 Å². The minimum Gasteiger partial charge on any atom is -0.389 e. The van der Waals surface area contributed by atoms with Crippen molar-refractivity contribution in [1.29, 1.82) is 0 Å². The average molecular weight is 292 g/mol. The van der Waals surface area contributed by atoms with Gasteiger partial charge in [-0.3, -0.25) is 0 Å². The zero-order valence-corrected chi connectivity index (χ0v) is 10.3. The molecule has 0 aromatic carbocycles. The predicted molar refractivity (Wildman–Crippen MR) is 65.7 cm³/mol. The van der Waals surface area contributed by atoms with E-state index in [2.05, 4.69) is 35.4 Å². The van der Waals surface area contributed by atoms with Crippen molar-refractivity contribution in [2.75, 3.05) is 0 Å². The van der Waals surface area contributed by atoms with Crippen LogP contribution >= 0.6 is 22.6 Å². The second-order valence-corrected chi connectivity index (χ2v) is 3.99. The first-order chi connectivity index (χ1) is 6.18. The van der Waals surface area contributed by atoms with Gasteiger partial charge in [0.2, 0.25) is 0 Å². The molecule has 0 radical (unpaired) electrons. The minimum atomic E-state index is -0.674. The van der Waals surface area contributed by atoms with Gasteiger partial charge in [-0.05, 0) is 16.9 Å². The van der Waals surface area contributed by atoms with Crippen molar-refractivity contribution >= 4 is 22.6 Å². The van der Waals surface area contributed by atoms with Crippen LogP contribution in [0, 0.1) is 12.3 Å². The number of hydrogen-bond acceptors (Lipinski definition) is 1. The highest BCUT2D eigenvalue weighted by Crippen LogP contribution is 2.23. The maximum atomic E-state index is 10.1. The van der Waals surface area contributed by atoms with Crippen LogP contribution in [0.4, 0.5) is 0 Å². The summed E-state index contributed by atoms with van der Waals surface area (Å²) >= 11 is 2.15. The minimum absolute atomic E-state index is 0.452. The van der Waals surface area contributed by atoms with E-state index in [1.807, 2.05) is 10.2 Å². The van der Waals surface area contributed by atoms with Gasteiger partial charge in [0.15, 0.2) is 0 Å². The Labute approximate surface area is 94.8 Å². The molecule has 74 valence electrons. The fourth-order valence-corrected chi connectivity index (χ4v) is 1.48. The van der Waals surface area contributed by atoms with Crippen LogP contribution in [0.2, 0.25) is 0 Å². The van der Waals surface area contributed by atoms with E-state index >= 15 is 0 Å². The van der Waals surface area contributed by atoms with Crippen LogP contribution in [-0.4, -0.2) is 10.7 Å². The Morgan fingerprint density at radius 3 is 2.77 bits per heavy atom. The van der Waals surface area contributed by atoms with Gasteiger partial charge < -0.3 is 5.11 Å². The molecule has 2 heteroatoms. The van der Waals surface area contributed by atoms with E-state index in [4.69, 9.17) is 6.42 Å². The molecule has 0 rings (SSSR count). The van der Waals surface area contributed by atoms with Crippen LogP contribution in [0.3, 0.4) is 0 Å². The molecule has 0 aromatic heterocycles. The van der Waals surface area contributed by atoms with Crippen molar-refractivity contribution in [3.8, 4) is 12.3 Å². The monoisotopic (exact) mass is 292 g/mol. The molecule has 0 spiro atoms. The first kappa shape index (κ1) is 13.0. The second-order valence-electron chi connectivity index (χ2n) is 3.27. The molecule has 0 aliphatic heterocycles. The molecule has 0 aliphatic carbocycles. The molecule has 0 aromatic rings. The predicted octanol–water partition coefficient (Wildman–Crippen LogP) is 3.27. The molecule has 0 amide bonds. The Morgan fingerprint density at radius 1 is 1.62 bits per heavy atom. The summed E-state index contributed by atoms with van der Waals surface area (Å²) in [5, 5.41) is 10.1. The standard InChI is InChI=1S/C11H17IO/c1-3-5-8-11(13,7-4-2)9-6-10-12/h2,6,10,13H,3,5,7-9H2,1H3/b10-6+. The van der Waals surface area contributed by atoms with Crippen LogP contribution in [0.25, 0.3) is 0 Å². The van der Waals surface area contributed by atoms with Gasteiger partial charge in [-0.25, -0.2) is 0 Å². The molecule has 13 heavy (non-hydrogen) atoms. The molecule has 0 aliphatic rings. The highest BCUT2D eigenvalue weighted by atomic mass is 127. The first-order valence-electron chi connectivity index (χ1n) is 4.59. The fraction of sp³-hybridized carbons (Fsp3) is 0.636. The molecule has 0 fully saturated rings. The maximum absolute atomic E-state index is 10.1. The third-order valence-corrected chi connectivity index (χ3v) is 2.52. The van der Waals surface area contributed by atoms with Crippen molar-refractivity contribution in [1.82, 2.24) is 0 Å². The van der Waals surface area contributed by atoms with E-state index in [9.17, 15) is 5.11 Å². The smallest absolute Gasteiger partial charge is 0.0790 e. The van der Waals surface area contributed by atoms with Crippen LogP contribution < -0.4 is 0 Å². The van der Waals surface area contributed by atoms with Crippen LogP contribution in [-0.2, 0) is 0 Å². The van der Waals surface area contributed by atoms with Gasteiger partial charge in [0, 0.05) is 6.42 Å². The Morgan fingerprint density at radius 2 is 2.31 bits per heavy atom. The van der Waals surface area contributed by atoms with E-state index in [-0.39, 0.29) is 0 Å². The summed E-state index contributed by atoms with van der Waals surface area (Å²) < 4.78 is 1.92. The SMILES string of the molecule is C#CCC(O)(C/C=C/I)CCCC. The quantitative estimate of drug-likeness (QED) is 0.588. The third kappa shape index (κ3) is 6.11. The van der Waals surface area contributed by atoms with E-state index in [1.165, 1.54) is 0 Å². The maximum Gasteiger partial charge on any atom is 0.0790 e. The molecule has 1 nitrogen and oxygen atoms in total. The Kier molecular flexibility index (Phi) is 7.39. The summed E-state index contributed by atoms with van der Waals surface area (Å²) in [5.74, 6) is 2.54. The third-order valence-electron chi connectivity index (χ3n) is 2.01. The lowest BCUT2D eigenvalue weighted by molar-refractivity contribution is 0.0373. The molecular formula is C11H17IO. The van der Waals surface area contributed by atoms with Gasteiger partial charge in [-0.2, -0.15) is 0 Å². The molecule has 1 N–H and O–H groups in total. The largest absolute Gasteiger partial charge is 0.389 e. The molecule has 0 saturated heterocycles. The van der Waals surface area contributed by atoms with Gasteiger partial charge in [0.05, 0.1) is 5.60 Å². The summed E-state index contributed by atoms with van der Waals surface area (Å²) in [6.07, 6.45) is 11.2. The van der Waals surface area contributed by atoms with E-state index in [0.29, 0.717) is 12.8 Å². The fourth-order valence-electron chi connectivity index (χ4n) is 1.22. The summed E-state index contributed by atoms with van der Waals surface area (Å²) in [7, 11) is 0. The van der Waals surface area contributed by atoms with E-state index < -0.39 is 5.60 Å². The number of halogens is 1. The lowest BCUT2D eigenvalue weighted by Gasteiger charge is -2.24. The highest BCUT2D eigenvalue weighted by molar-refractivity contribution is 14.1. The summed E-state index contributed by atoms with van der Waals surface area (Å²) in [6.45, 7) is 2.12. The molecule has 1 atom stereocenters. The number of unbranched alkanes of at least 4 members (excludes halogenated alkanes) is 1. The Bertz CT molecular complexity index is 193. The molecule has 0 heterocycles. The molecule has 1 unspecified atom stereocenters. The summed E-state index contributed by atoms with van der Waals surface area (Å²) in [4.78, 5) is 0. The zero-order valence-electron chi connectivity index (χ0n) is 8.09. The lowest BCUT2D eigenvalue weighted by Crippen LogP contribution is -2.27. The Hall–Kier alpha value is -0.0100. The van der Waals surface area contributed by atoms with Crippen molar-refractivity contribution in [3.63, 3.8) is 0 Å². The van der Waals surface area contributed by atoms with Crippen LogP contribution in [0.15, 0.2) is 10.2 Å². The summed E-state index contributed by atoms with van der Waals surface area (Å²) in [5.41, 5.74) is -0.674. The van der Waals surface area contributed by atoms with Crippen molar-refractivity contribution < 1.29 is 5.11 Å². The van der Waals surface area contributed by atoms with Crippen molar-refractivity contribution in [2.45, 2.75) is 44.6 Å². The normalized spacial score (nSPS) is 15.5. The topological polar surface area (TPSA) is 20.2 Å². The Balaban J connectivity index is 4.08. The second kappa shape index (κ2) is 7.40. The number of rotatable bonds is 6. The highest BCUT2D eigenvalue weighted by Gasteiger charge is 2.23. The van der Waals surface area contributed by atoms with Crippen LogP contribution in [0.1, 0.15) is 39.0 Å². The zero-order chi connectivity index (χ0) is 10.2. The first-order valence-corrected chi connectivity index (χ1v) is 5.84. The number of terminal acetylenes is 1. The average Bonchev–Trinajstić information content (AvgIpc) is 2.12. The van der Waals surface area contributed by atoms with E-state index in [0.717, 1.165) is 19.3 Å². The number of hydrogen-bond donors (Lipinski definition) is 1. The van der Waals surface area contributed by atoms with Gasteiger partial charge in [0.1, 0.15) is 0 Å². The van der Waals surface area contributed by atoms with E-state index in [1.54, 1.807) is 0 Å². The lowest BCUT2D eigenvalue weighted by atomic mass is 9.90. The van der Waals surface area contributed by atoms with Gasteiger partial charge in [-0.15, -0.1) is 12.3 Å².